The molecule has 1 aromatic carbocycles. The molecule has 1 saturated carbocycles. The molecule has 7 nitrogen and oxygen atoms in total. The van der Waals surface area contributed by atoms with Crippen LogP contribution < -0.4 is 5.32 Å². The highest BCUT2D eigenvalue weighted by Gasteiger charge is 2.34. The minimum absolute atomic E-state index is 0.0195. The molecule has 2 N–H and O–H groups in total. The number of nitrogens with zero attached hydrogens (tertiary/aromatic N) is 2. The standard InChI is InChI=1S/C21H25N3O4/c1-24(14-17-11-12-28-23-17)21(27)16-8-9-19(25)18(13-16)22-20(26)10-7-15-5-3-2-4-6-15/h2-7,10-12,16,18-19,25H,8-9,13-14H2,1H3,(H,22,26)/t16-,18+,19+/m0/s1. The number of rotatable bonds is 6. The lowest BCUT2D eigenvalue weighted by Gasteiger charge is -2.34. The van der Waals surface area contributed by atoms with Crippen LogP contribution in [0.15, 0.2) is 53.3 Å². The summed E-state index contributed by atoms with van der Waals surface area (Å²) < 4.78 is 4.80. The SMILES string of the molecule is CN(Cc1ccon1)C(=O)[C@H]1CC[C@@H](O)[C@H](NC(=O)C=Cc2ccccc2)C1. The number of aromatic nitrogens is 1. The molecule has 3 rings (SSSR count). The van der Waals surface area contributed by atoms with Gasteiger partial charge in [-0.05, 0) is 30.9 Å². The molecule has 0 radical (unpaired) electrons. The first-order valence-corrected chi connectivity index (χ1v) is 9.39. The second-order valence-electron chi connectivity index (χ2n) is 7.12. The summed E-state index contributed by atoms with van der Waals surface area (Å²) in [5.74, 6) is -0.547. The number of carbonyl (C=O) groups excluding carboxylic acids is 2. The molecular weight excluding hydrogens is 358 g/mol. The molecule has 1 aromatic heterocycles. The highest BCUT2D eigenvalue weighted by Crippen LogP contribution is 2.26. The van der Waals surface area contributed by atoms with Crippen LogP contribution in [-0.4, -0.2) is 46.2 Å². The van der Waals surface area contributed by atoms with Gasteiger partial charge in [0.25, 0.3) is 0 Å². The lowest BCUT2D eigenvalue weighted by molar-refractivity contribution is -0.137. The van der Waals surface area contributed by atoms with Gasteiger partial charge in [0.05, 0.1) is 18.7 Å². The van der Waals surface area contributed by atoms with Crippen LogP contribution in [0.3, 0.4) is 0 Å². The van der Waals surface area contributed by atoms with E-state index in [0.717, 1.165) is 5.56 Å². The van der Waals surface area contributed by atoms with Crippen LogP contribution in [0.1, 0.15) is 30.5 Å². The van der Waals surface area contributed by atoms with Crippen LogP contribution in [0.5, 0.6) is 0 Å². The normalized spacial score (nSPS) is 22.1. The van der Waals surface area contributed by atoms with E-state index in [0.29, 0.717) is 31.5 Å². The van der Waals surface area contributed by atoms with Gasteiger partial charge in [0.1, 0.15) is 12.0 Å². The van der Waals surface area contributed by atoms with Gasteiger partial charge in [0.2, 0.25) is 11.8 Å². The summed E-state index contributed by atoms with van der Waals surface area (Å²) in [5.41, 5.74) is 1.60. The van der Waals surface area contributed by atoms with Crippen LogP contribution in [-0.2, 0) is 16.1 Å². The van der Waals surface area contributed by atoms with Gasteiger partial charge < -0.3 is 19.8 Å². The lowest BCUT2D eigenvalue weighted by Crippen LogP contribution is -2.49. The maximum Gasteiger partial charge on any atom is 0.244 e. The van der Waals surface area contributed by atoms with Crippen molar-refractivity contribution in [2.75, 3.05) is 7.05 Å². The van der Waals surface area contributed by atoms with Crippen molar-refractivity contribution in [2.45, 2.75) is 38.0 Å². The van der Waals surface area contributed by atoms with Crippen LogP contribution in [0.25, 0.3) is 6.08 Å². The Morgan fingerprint density at radius 2 is 2.07 bits per heavy atom. The molecule has 2 aromatic rings. The molecule has 1 aliphatic rings. The Morgan fingerprint density at radius 1 is 1.29 bits per heavy atom. The van der Waals surface area contributed by atoms with Crippen LogP contribution in [0.4, 0.5) is 0 Å². The first-order valence-electron chi connectivity index (χ1n) is 9.39. The van der Waals surface area contributed by atoms with E-state index >= 15 is 0 Å². The van der Waals surface area contributed by atoms with Crippen molar-refractivity contribution < 1.29 is 19.2 Å². The first-order chi connectivity index (χ1) is 13.5. The van der Waals surface area contributed by atoms with Crippen molar-refractivity contribution in [2.24, 2.45) is 5.92 Å². The molecule has 1 fully saturated rings. The van der Waals surface area contributed by atoms with Gasteiger partial charge in [0.15, 0.2) is 0 Å². The van der Waals surface area contributed by atoms with Gasteiger partial charge in [-0.3, -0.25) is 9.59 Å². The van der Waals surface area contributed by atoms with E-state index in [9.17, 15) is 14.7 Å². The van der Waals surface area contributed by atoms with E-state index in [4.69, 9.17) is 4.52 Å². The molecule has 28 heavy (non-hydrogen) atoms. The number of aliphatic hydroxyl groups is 1. The summed E-state index contributed by atoms with van der Waals surface area (Å²) >= 11 is 0. The number of carbonyl (C=O) groups is 2. The molecule has 0 aliphatic heterocycles. The maximum absolute atomic E-state index is 12.7. The summed E-state index contributed by atoms with van der Waals surface area (Å²) in [6, 6.07) is 10.8. The van der Waals surface area contributed by atoms with Gasteiger partial charge in [-0.2, -0.15) is 0 Å². The van der Waals surface area contributed by atoms with Crippen molar-refractivity contribution in [1.82, 2.24) is 15.4 Å². The second kappa shape index (κ2) is 9.32. The maximum atomic E-state index is 12.7. The fourth-order valence-corrected chi connectivity index (χ4v) is 3.45. The minimum atomic E-state index is -0.654. The zero-order valence-electron chi connectivity index (χ0n) is 15.8. The molecule has 148 valence electrons. The number of aliphatic hydroxyl groups excluding tert-OH is 1. The zero-order valence-corrected chi connectivity index (χ0v) is 15.8. The van der Waals surface area contributed by atoms with Gasteiger partial charge in [-0.25, -0.2) is 0 Å². The third-order valence-corrected chi connectivity index (χ3v) is 4.98. The molecule has 7 heteroatoms. The van der Waals surface area contributed by atoms with Crippen molar-refractivity contribution in [3.63, 3.8) is 0 Å². The predicted molar refractivity (Wildman–Crippen MR) is 104 cm³/mol. The summed E-state index contributed by atoms with van der Waals surface area (Å²) in [5, 5.41) is 16.9. The summed E-state index contributed by atoms with van der Waals surface area (Å²) in [7, 11) is 1.72. The molecule has 3 atom stereocenters. The minimum Gasteiger partial charge on any atom is -0.391 e. The molecular formula is C21H25N3O4. The number of benzene rings is 1. The van der Waals surface area contributed by atoms with Crippen molar-refractivity contribution in [1.29, 1.82) is 0 Å². The van der Waals surface area contributed by atoms with Crippen LogP contribution in [0.2, 0.25) is 0 Å². The lowest BCUT2D eigenvalue weighted by atomic mass is 9.83. The third-order valence-electron chi connectivity index (χ3n) is 4.98. The largest absolute Gasteiger partial charge is 0.391 e. The van der Waals surface area contributed by atoms with Crippen molar-refractivity contribution in [3.8, 4) is 0 Å². The van der Waals surface area contributed by atoms with Gasteiger partial charge in [-0.1, -0.05) is 35.5 Å². The van der Waals surface area contributed by atoms with E-state index < -0.39 is 12.1 Å². The number of nitrogens with one attached hydrogen (secondary N) is 1. The molecule has 0 bridgehead atoms. The highest BCUT2D eigenvalue weighted by atomic mass is 16.5. The van der Waals surface area contributed by atoms with E-state index in [1.165, 1.54) is 12.3 Å². The Kier molecular flexibility index (Phi) is 6.60. The Labute approximate surface area is 164 Å². The Bertz CT molecular complexity index is 804. The smallest absolute Gasteiger partial charge is 0.244 e. The Balaban J connectivity index is 1.55. The topological polar surface area (TPSA) is 95.7 Å². The molecule has 0 saturated heterocycles. The zero-order chi connectivity index (χ0) is 19.9. The Morgan fingerprint density at radius 3 is 2.79 bits per heavy atom. The predicted octanol–water partition coefficient (Wildman–Crippen LogP) is 1.99. The average Bonchev–Trinajstić information content (AvgIpc) is 3.21. The fourth-order valence-electron chi connectivity index (χ4n) is 3.45. The molecule has 0 unspecified atom stereocenters. The van der Waals surface area contributed by atoms with Crippen LogP contribution >= 0.6 is 0 Å². The van der Waals surface area contributed by atoms with Crippen molar-refractivity contribution >= 4 is 17.9 Å². The fraction of sp³-hybridized carbons (Fsp3) is 0.381. The number of hydrogen-bond donors (Lipinski definition) is 2. The summed E-state index contributed by atoms with van der Waals surface area (Å²) in [6.07, 6.45) is 5.46. The average molecular weight is 383 g/mol. The quantitative estimate of drug-likeness (QED) is 0.744. The van der Waals surface area contributed by atoms with Crippen molar-refractivity contribution in [3.05, 3.63) is 60.0 Å². The third kappa shape index (κ3) is 5.29. The van der Waals surface area contributed by atoms with Gasteiger partial charge in [0, 0.05) is 25.1 Å². The van der Waals surface area contributed by atoms with Gasteiger partial charge in [-0.15, -0.1) is 0 Å². The van der Waals surface area contributed by atoms with E-state index in [2.05, 4.69) is 10.5 Å². The summed E-state index contributed by atoms with van der Waals surface area (Å²) in [4.78, 5) is 26.6. The molecule has 1 aliphatic carbocycles. The van der Waals surface area contributed by atoms with E-state index in [-0.39, 0.29) is 17.7 Å². The highest BCUT2D eigenvalue weighted by molar-refractivity contribution is 5.92. The molecule has 0 spiro atoms. The van der Waals surface area contributed by atoms with Crippen LogP contribution in [0, 0.1) is 5.92 Å². The summed E-state index contributed by atoms with van der Waals surface area (Å²) in [6.45, 7) is 0.366. The molecule has 1 heterocycles. The number of hydrogen-bond acceptors (Lipinski definition) is 5. The monoisotopic (exact) mass is 383 g/mol. The first kappa shape index (κ1) is 19.8. The Hall–Kier alpha value is -2.93. The van der Waals surface area contributed by atoms with E-state index in [1.807, 2.05) is 30.3 Å². The second-order valence-corrected chi connectivity index (χ2v) is 7.12. The van der Waals surface area contributed by atoms with Gasteiger partial charge >= 0.3 is 0 Å². The van der Waals surface area contributed by atoms with E-state index in [1.54, 1.807) is 24.1 Å². The number of amides is 2. The molecule has 2 amide bonds.